The van der Waals surface area contributed by atoms with Crippen LogP contribution >= 0.6 is 21.6 Å². The molecule has 5 aliphatic heterocycles. The average Bonchev–Trinajstić information content (AvgIpc) is 3.54. The van der Waals surface area contributed by atoms with Crippen molar-refractivity contribution in [1.29, 1.82) is 0 Å². The van der Waals surface area contributed by atoms with Crippen LogP contribution in [0.1, 0.15) is 17.2 Å². The summed E-state index contributed by atoms with van der Waals surface area (Å²) in [6.07, 6.45) is 1.57. The molecule has 10 nitrogen and oxygen atoms in total. The lowest BCUT2D eigenvalue weighted by molar-refractivity contribution is -0.286. The third-order valence-electron chi connectivity index (χ3n) is 7.07. The summed E-state index contributed by atoms with van der Waals surface area (Å²) in [4.78, 5) is 33.6. The fraction of sp³-hybridized carbons (Fsp3) is 0.524. The van der Waals surface area contributed by atoms with Crippen molar-refractivity contribution in [3.05, 3.63) is 29.8 Å². The van der Waals surface area contributed by atoms with Gasteiger partial charge in [0.25, 0.3) is 11.8 Å². The predicted molar refractivity (Wildman–Crippen MR) is 118 cm³/mol. The Hall–Kier alpha value is -2.12. The highest BCUT2D eigenvalue weighted by molar-refractivity contribution is 8.77. The fourth-order valence-electron chi connectivity index (χ4n) is 5.35. The molecular formula is C21H22N2O8S2. The Morgan fingerprint density at radius 3 is 2.73 bits per heavy atom. The summed E-state index contributed by atoms with van der Waals surface area (Å²) < 4.78 is 16.5. The van der Waals surface area contributed by atoms with Gasteiger partial charge in [0.1, 0.15) is 30.0 Å². The lowest BCUT2D eigenvalue weighted by Gasteiger charge is -2.53. The maximum atomic E-state index is 13.8. The number of aromatic hydroxyl groups is 1. The molecule has 2 bridgehead atoms. The monoisotopic (exact) mass is 494 g/mol. The van der Waals surface area contributed by atoms with Crippen LogP contribution < -0.4 is 9.47 Å². The third-order valence-corrected chi connectivity index (χ3v) is 10.4. The quantitative estimate of drug-likeness (QED) is 0.357. The summed E-state index contributed by atoms with van der Waals surface area (Å²) in [6.45, 7) is 0. The second-order valence-electron chi connectivity index (χ2n) is 8.69. The van der Waals surface area contributed by atoms with E-state index in [-0.39, 0.29) is 29.9 Å². The Bertz CT molecular complexity index is 1100. The molecule has 12 heteroatoms. The predicted octanol–water partition coefficient (Wildman–Crippen LogP) is 0.983. The van der Waals surface area contributed by atoms with Crippen LogP contribution in [0.15, 0.2) is 24.3 Å². The Kier molecular flexibility index (Phi) is 4.51. The van der Waals surface area contributed by atoms with Gasteiger partial charge in [0, 0.05) is 19.0 Å². The summed E-state index contributed by atoms with van der Waals surface area (Å²) in [5.74, 6) is -0.337. The van der Waals surface area contributed by atoms with Gasteiger partial charge in [-0.05, 0) is 6.07 Å². The van der Waals surface area contributed by atoms with Crippen molar-refractivity contribution in [2.24, 2.45) is 0 Å². The van der Waals surface area contributed by atoms with Crippen LogP contribution in [-0.4, -0.2) is 88.1 Å². The van der Waals surface area contributed by atoms with E-state index in [1.165, 1.54) is 40.7 Å². The molecule has 1 aliphatic carbocycles. The van der Waals surface area contributed by atoms with Crippen LogP contribution in [0.5, 0.6) is 17.2 Å². The van der Waals surface area contributed by atoms with E-state index in [2.05, 4.69) is 0 Å². The van der Waals surface area contributed by atoms with Gasteiger partial charge >= 0.3 is 0 Å². The zero-order valence-electron chi connectivity index (χ0n) is 18.0. The number of fused-ring (bicyclic) bond motifs is 3. The van der Waals surface area contributed by atoms with Crippen molar-refractivity contribution in [2.45, 2.75) is 46.5 Å². The minimum atomic E-state index is -1.34. The number of carbonyl (C=O) groups excluding carboxylic acids is 2. The zero-order valence-corrected chi connectivity index (χ0v) is 19.6. The standard InChI is InChI=1S/C21H22N2O8S2/c1-22-13-16(9-4-6-11(28-2)15(29-3)14(9)25)32-33-21(19(22)27)8-20-12(30-20)7-5-10(24)17(20)31-23(21)18(13)26/h4-7,10,12-13,16-17,24-25H,8H2,1-3H3/t10-,12+,13?,16-,17+,20+,21?/m1/s1. The Morgan fingerprint density at radius 1 is 1.21 bits per heavy atom. The van der Waals surface area contributed by atoms with Crippen molar-refractivity contribution < 1.29 is 38.9 Å². The molecule has 0 saturated carbocycles. The van der Waals surface area contributed by atoms with Crippen LogP contribution in [0.25, 0.3) is 0 Å². The molecule has 2 amide bonds. The minimum Gasteiger partial charge on any atom is -0.504 e. The highest BCUT2D eigenvalue weighted by Crippen LogP contribution is 2.65. The normalized spacial score (nSPS) is 40.7. The van der Waals surface area contributed by atoms with E-state index in [0.717, 1.165) is 5.06 Å². The molecule has 176 valence electrons. The lowest BCUT2D eigenvalue weighted by atomic mass is 9.81. The van der Waals surface area contributed by atoms with Gasteiger partial charge in [-0.2, -0.15) is 5.06 Å². The van der Waals surface area contributed by atoms with E-state index in [9.17, 15) is 19.8 Å². The van der Waals surface area contributed by atoms with Gasteiger partial charge in [-0.3, -0.25) is 14.4 Å². The smallest absolute Gasteiger partial charge is 0.272 e. The number of hydrogen-bond acceptors (Lipinski definition) is 10. The number of hydrogen-bond donors (Lipinski definition) is 2. The van der Waals surface area contributed by atoms with E-state index < -0.39 is 39.9 Å². The zero-order chi connectivity index (χ0) is 23.3. The highest BCUT2D eigenvalue weighted by atomic mass is 33.1. The first-order valence-corrected chi connectivity index (χ1v) is 12.6. The van der Waals surface area contributed by atoms with Crippen LogP contribution in [0.4, 0.5) is 0 Å². The highest BCUT2D eigenvalue weighted by Gasteiger charge is 2.77. The van der Waals surface area contributed by atoms with Gasteiger partial charge in [0.2, 0.25) is 10.6 Å². The molecule has 6 aliphatic rings. The molecule has 2 unspecified atom stereocenters. The second kappa shape index (κ2) is 6.95. The molecule has 1 aromatic carbocycles. The number of phenols is 1. The second-order valence-corrected chi connectivity index (χ2v) is 11.3. The van der Waals surface area contributed by atoms with Crippen LogP contribution in [0.2, 0.25) is 0 Å². The van der Waals surface area contributed by atoms with E-state index in [0.29, 0.717) is 11.3 Å². The Morgan fingerprint density at radius 2 is 2.00 bits per heavy atom. The third kappa shape index (κ3) is 2.58. The number of phenolic OH excluding ortho intramolecular Hbond substituents is 1. The first-order chi connectivity index (χ1) is 15.8. The van der Waals surface area contributed by atoms with Crippen molar-refractivity contribution in [3.8, 4) is 17.2 Å². The SMILES string of the molecule is COc1ccc([C@H]2SSC34C[C@]56O[C@H]5C=C[C@@H](O)[C@@H]6ON3C(=O)C2N(C)C4=O)c(O)c1OC. The minimum absolute atomic E-state index is 0.150. The number of epoxide rings is 1. The number of amides is 2. The van der Waals surface area contributed by atoms with Crippen molar-refractivity contribution >= 4 is 33.4 Å². The van der Waals surface area contributed by atoms with E-state index >= 15 is 0 Å². The number of benzene rings is 1. The van der Waals surface area contributed by atoms with Crippen LogP contribution in [-0.2, 0) is 19.2 Å². The number of ether oxygens (including phenoxy) is 3. The molecule has 2 N–H and O–H groups in total. The molecule has 0 radical (unpaired) electrons. The molecule has 1 aromatic rings. The number of methoxy groups -OCH3 is 2. The van der Waals surface area contributed by atoms with E-state index in [1.54, 1.807) is 31.3 Å². The molecular weight excluding hydrogens is 472 g/mol. The molecule has 7 atom stereocenters. The number of aliphatic hydroxyl groups excluding tert-OH is 1. The molecule has 2 spiro atoms. The fourth-order valence-corrected chi connectivity index (χ4v) is 9.02. The van der Waals surface area contributed by atoms with Gasteiger partial charge in [0.05, 0.1) is 19.5 Å². The topological polar surface area (TPSA) is 121 Å². The molecule has 7 rings (SSSR count). The van der Waals surface area contributed by atoms with Gasteiger partial charge in [0.15, 0.2) is 11.5 Å². The molecule has 5 fully saturated rings. The number of likely N-dealkylation sites (N-methyl/N-ethyl adjacent to an activating group) is 1. The first kappa shape index (κ1) is 21.4. The number of rotatable bonds is 3. The number of piperazine rings is 1. The van der Waals surface area contributed by atoms with Crippen molar-refractivity contribution in [1.82, 2.24) is 9.96 Å². The van der Waals surface area contributed by atoms with Gasteiger partial charge in [-0.25, -0.2) is 0 Å². The van der Waals surface area contributed by atoms with Gasteiger partial charge in [-0.1, -0.05) is 39.8 Å². The lowest BCUT2D eigenvalue weighted by Crippen LogP contribution is -2.74. The molecule has 5 saturated heterocycles. The Balaban J connectivity index is 1.44. The van der Waals surface area contributed by atoms with Gasteiger partial charge < -0.3 is 29.3 Å². The van der Waals surface area contributed by atoms with Gasteiger partial charge in [-0.15, -0.1) is 0 Å². The number of carbonyl (C=O) groups is 2. The number of aliphatic hydroxyl groups is 1. The number of nitrogens with zero attached hydrogens (tertiary/aromatic N) is 2. The number of hydroxylamine groups is 2. The van der Waals surface area contributed by atoms with Crippen LogP contribution in [0.3, 0.4) is 0 Å². The molecule has 33 heavy (non-hydrogen) atoms. The molecule has 5 heterocycles. The maximum absolute atomic E-state index is 13.8. The van der Waals surface area contributed by atoms with E-state index in [1.807, 2.05) is 0 Å². The average molecular weight is 495 g/mol. The first-order valence-electron chi connectivity index (χ1n) is 10.4. The maximum Gasteiger partial charge on any atom is 0.272 e. The summed E-state index contributed by atoms with van der Waals surface area (Å²) in [5, 5.41) is 22.0. The largest absolute Gasteiger partial charge is 0.504 e. The summed E-state index contributed by atoms with van der Waals surface area (Å²) in [6, 6.07) is 2.39. The summed E-state index contributed by atoms with van der Waals surface area (Å²) in [5.41, 5.74) is -0.412. The summed E-state index contributed by atoms with van der Waals surface area (Å²) >= 11 is 0. The van der Waals surface area contributed by atoms with Crippen molar-refractivity contribution in [3.63, 3.8) is 0 Å². The van der Waals surface area contributed by atoms with Crippen molar-refractivity contribution in [2.75, 3.05) is 21.3 Å². The van der Waals surface area contributed by atoms with Crippen LogP contribution in [0, 0.1) is 0 Å². The van der Waals surface area contributed by atoms with E-state index in [4.69, 9.17) is 19.0 Å². The Labute approximate surface area is 197 Å². The molecule has 0 aromatic heterocycles. The summed E-state index contributed by atoms with van der Waals surface area (Å²) in [7, 11) is 7.03.